The summed E-state index contributed by atoms with van der Waals surface area (Å²) >= 11 is 0. The van der Waals surface area contributed by atoms with Crippen molar-refractivity contribution >= 4 is 11.8 Å². The maximum Gasteiger partial charge on any atom is 0.0991 e. The van der Waals surface area contributed by atoms with Crippen molar-refractivity contribution in [2.75, 3.05) is 13.2 Å². The van der Waals surface area contributed by atoms with Crippen LogP contribution in [0.5, 0.6) is 0 Å². The molecule has 1 aromatic carbocycles. The minimum Gasteiger partial charge on any atom is -0.375 e. The number of fused-ring (bicyclic) bond motifs is 2. The van der Waals surface area contributed by atoms with Crippen LogP contribution in [0, 0.1) is 17.2 Å². The molecule has 0 spiro atoms. The van der Waals surface area contributed by atoms with E-state index in [-0.39, 0.29) is 0 Å². The van der Waals surface area contributed by atoms with Gasteiger partial charge in [0.15, 0.2) is 0 Å². The monoisotopic (exact) mass is 211 g/mol. The molecule has 1 unspecified atom stereocenters. The molecule has 0 radical (unpaired) electrons. The van der Waals surface area contributed by atoms with Gasteiger partial charge in [0.05, 0.1) is 18.3 Å². The Morgan fingerprint density at radius 3 is 3.19 bits per heavy atom. The highest BCUT2D eigenvalue weighted by molar-refractivity contribution is 5.54. The predicted octanol–water partition coefficient (Wildman–Crippen LogP) is -0.383. The van der Waals surface area contributed by atoms with E-state index in [1.165, 1.54) is 16.1 Å². The largest absolute Gasteiger partial charge is 0.375 e. The Morgan fingerprint density at radius 2 is 2.31 bits per heavy atom. The van der Waals surface area contributed by atoms with Crippen molar-refractivity contribution in [3.05, 3.63) is 34.2 Å². The SMILES string of the molecule is N#Cc1ccc2c(c1)=C1NCNCC1CC=2. The van der Waals surface area contributed by atoms with Crippen LogP contribution in [-0.2, 0) is 0 Å². The summed E-state index contributed by atoms with van der Waals surface area (Å²) in [4.78, 5) is 0. The highest BCUT2D eigenvalue weighted by Gasteiger charge is 2.20. The van der Waals surface area contributed by atoms with Crippen molar-refractivity contribution in [2.24, 2.45) is 5.92 Å². The van der Waals surface area contributed by atoms with E-state index in [0.717, 1.165) is 25.2 Å². The van der Waals surface area contributed by atoms with Gasteiger partial charge in [-0.25, -0.2) is 0 Å². The van der Waals surface area contributed by atoms with Crippen molar-refractivity contribution in [1.82, 2.24) is 10.6 Å². The predicted molar refractivity (Wildman–Crippen MR) is 62.4 cm³/mol. The Kier molecular flexibility index (Phi) is 2.16. The molecule has 3 heteroatoms. The molecular weight excluding hydrogens is 198 g/mol. The van der Waals surface area contributed by atoms with Crippen LogP contribution in [0.1, 0.15) is 12.0 Å². The van der Waals surface area contributed by atoms with Crippen LogP contribution in [0.2, 0.25) is 0 Å². The summed E-state index contributed by atoms with van der Waals surface area (Å²) in [6, 6.07) is 8.12. The normalized spacial score (nSPS) is 22.2. The van der Waals surface area contributed by atoms with Gasteiger partial charge in [-0.2, -0.15) is 5.26 Å². The van der Waals surface area contributed by atoms with Crippen LogP contribution in [0.4, 0.5) is 0 Å². The van der Waals surface area contributed by atoms with Gasteiger partial charge in [-0.1, -0.05) is 12.1 Å². The fourth-order valence-corrected chi connectivity index (χ4v) is 2.47. The molecule has 2 N–H and O–H groups in total. The quantitative estimate of drug-likeness (QED) is 0.615. The summed E-state index contributed by atoms with van der Waals surface area (Å²) < 4.78 is 0. The van der Waals surface area contributed by atoms with Crippen LogP contribution in [0.25, 0.3) is 11.8 Å². The van der Waals surface area contributed by atoms with Crippen LogP contribution >= 0.6 is 0 Å². The van der Waals surface area contributed by atoms with Crippen molar-refractivity contribution in [1.29, 1.82) is 5.26 Å². The number of rotatable bonds is 0. The lowest BCUT2D eigenvalue weighted by Crippen LogP contribution is -2.48. The molecule has 0 amide bonds. The Hall–Kier alpha value is -1.79. The van der Waals surface area contributed by atoms with Gasteiger partial charge in [0, 0.05) is 23.4 Å². The molecule has 16 heavy (non-hydrogen) atoms. The third-order valence-corrected chi connectivity index (χ3v) is 3.30. The van der Waals surface area contributed by atoms with E-state index in [0.29, 0.717) is 5.92 Å². The Labute approximate surface area is 94.1 Å². The van der Waals surface area contributed by atoms with Crippen molar-refractivity contribution in [2.45, 2.75) is 6.42 Å². The molecule has 3 rings (SSSR count). The lowest BCUT2D eigenvalue weighted by atomic mass is 9.91. The number of nitriles is 1. The van der Waals surface area contributed by atoms with E-state index in [1.807, 2.05) is 18.2 Å². The van der Waals surface area contributed by atoms with Gasteiger partial charge in [0.25, 0.3) is 0 Å². The second kappa shape index (κ2) is 3.66. The van der Waals surface area contributed by atoms with E-state index < -0.39 is 0 Å². The van der Waals surface area contributed by atoms with Crippen LogP contribution in [-0.4, -0.2) is 13.2 Å². The molecular formula is C13H13N3. The summed E-state index contributed by atoms with van der Waals surface area (Å²) in [5.41, 5.74) is 2.04. The maximum absolute atomic E-state index is 8.93. The van der Waals surface area contributed by atoms with E-state index >= 15 is 0 Å². The number of hydrogen-bond donors (Lipinski definition) is 2. The third-order valence-electron chi connectivity index (χ3n) is 3.30. The molecule has 0 saturated carbocycles. The number of nitrogens with zero attached hydrogens (tertiary/aromatic N) is 1. The molecule has 1 aliphatic heterocycles. The first kappa shape index (κ1) is 9.44. The first-order valence-electron chi connectivity index (χ1n) is 5.57. The molecule has 1 saturated heterocycles. The van der Waals surface area contributed by atoms with E-state index in [4.69, 9.17) is 5.26 Å². The Bertz CT molecular complexity index is 580. The van der Waals surface area contributed by atoms with E-state index in [2.05, 4.69) is 22.8 Å². The highest BCUT2D eigenvalue weighted by atomic mass is 15.1. The molecule has 1 atom stereocenters. The van der Waals surface area contributed by atoms with Gasteiger partial charge in [-0.3, -0.25) is 5.32 Å². The van der Waals surface area contributed by atoms with Gasteiger partial charge < -0.3 is 5.32 Å². The number of nitrogens with one attached hydrogen (secondary N) is 2. The zero-order chi connectivity index (χ0) is 11.0. The Morgan fingerprint density at radius 1 is 1.38 bits per heavy atom. The minimum absolute atomic E-state index is 0.537. The first-order valence-corrected chi connectivity index (χ1v) is 5.57. The second-order valence-corrected chi connectivity index (χ2v) is 4.27. The summed E-state index contributed by atoms with van der Waals surface area (Å²) in [5, 5.41) is 18.1. The molecule has 80 valence electrons. The maximum atomic E-state index is 8.93. The van der Waals surface area contributed by atoms with Gasteiger partial charge in [-0.15, -0.1) is 0 Å². The second-order valence-electron chi connectivity index (χ2n) is 4.27. The van der Waals surface area contributed by atoms with Gasteiger partial charge in [0.2, 0.25) is 0 Å². The number of benzene rings is 1. The van der Waals surface area contributed by atoms with E-state index in [9.17, 15) is 0 Å². The smallest absolute Gasteiger partial charge is 0.0991 e. The highest BCUT2D eigenvalue weighted by Crippen LogP contribution is 2.16. The standard InChI is InChI=1S/C13H13N3/c14-6-9-1-2-10-3-4-11-7-15-8-16-13(11)12(10)5-9/h1-3,5,11,15-16H,4,7-8H2. The topological polar surface area (TPSA) is 47.9 Å². The fourth-order valence-electron chi connectivity index (χ4n) is 2.47. The average molecular weight is 211 g/mol. The summed E-state index contributed by atoms with van der Waals surface area (Å²) in [6.07, 6.45) is 3.34. The summed E-state index contributed by atoms with van der Waals surface area (Å²) in [6.45, 7) is 1.84. The minimum atomic E-state index is 0.537. The molecule has 1 heterocycles. The van der Waals surface area contributed by atoms with Crippen molar-refractivity contribution < 1.29 is 0 Å². The van der Waals surface area contributed by atoms with Crippen LogP contribution in [0.15, 0.2) is 18.2 Å². The van der Waals surface area contributed by atoms with Crippen molar-refractivity contribution in [3.8, 4) is 6.07 Å². The lowest BCUT2D eigenvalue weighted by Gasteiger charge is -2.29. The number of hydrogen-bond acceptors (Lipinski definition) is 3. The molecule has 1 aromatic rings. The molecule has 0 aromatic heterocycles. The average Bonchev–Trinajstić information content (AvgIpc) is 2.38. The summed E-state index contributed by atoms with van der Waals surface area (Å²) in [7, 11) is 0. The first-order chi connectivity index (χ1) is 7.88. The van der Waals surface area contributed by atoms with Gasteiger partial charge in [-0.05, 0) is 23.8 Å². The molecule has 3 nitrogen and oxygen atoms in total. The van der Waals surface area contributed by atoms with Crippen LogP contribution < -0.4 is 21.1 Å². The molecule has 0 bridgehead atoms. The van der Waals surface area contributed by atoms with Crippen molar-refractivity contribution in [3.63, 3.8) is 0 Å². The zero-order valence-corrected chi connectivity index (χ0v) is 8.96. The lowest BCUT2D eigenvalue weighted by molar-refractivity contribution is 0.492. The van der Waals surface area contributed by atoms with Crippen LogP contribution in [0.3, 0.4) is 0 Å². The molecule has 2 aliphatic rings. The summed E-state index contributed by atoms with van der Waals surface area (Å²) in [5.74, 6) is 0.537. The molecule has 1 fully saturated rings. The van der Waals surface area contributed by atoms with Gasteiger partial charge in [0.1, 0.15) is 0 Å². The van der Waals surface area contributed by atoms with Gasteiger partial charge >= 0.3 is 0 Å². The molecule has 1 aliphatic carbocycles. The Balaban J connectivity index is 2.28. The zero-order valence-electron chi connectivity index (χ0n) is 8.96. The van der Waals surface area contributed by atoms with E-state index in [1.54, 1.807) is 0 Å². The fraction of sp³-hybridized carbons (Fsp3) is 0.308. The third kappa shape index (κ3) is 1.39.